The van der Waals surface area contributed by atoms with Crippen molar-refractivity contribution in [1.29, 1.82) is 0 Å². The Balaban J connectivity index is 1.34. The van der Waals surface area contributed by atoms with Gasteiger partial charge < -0.3 is 14.7 Å². The number of nitrogens with zero attached hydrogens (tertiary/aromatic N) is 3. The Morgan fingerprint density at radius 3 is 2.79 bits per heavy atom. The SMILES string of the molecule is CC(=O)C(N1CCC(c2noc3ccccc23)CC1)N1CNc2cc(C)ccc21. The molecule has 1 N–H and O–H groups in total. The lowest BCUT2D eigenvalue weighted by atomic mass is 9.91. The van der Waals surface area contributed by atoms with E-state index < -0.39 is 0 Å². The highest BCUT2D eigenvalue weighted by Crippen LogP contribution is 2.37. The fourth-order valence-corrected chi connectivity index (χ4v) is 4.81. The number of carbonyl (C=O) groups excluding carboxylic acids is 1. The molecule has 1 aromatic heterocycles. The maximum absolute atomic E-state index is 12.7. The Morgan fingerprint density at radius 1 is 1.21 bits per heavy atom. The van der Waals surface area contributed by atoms with E-state index in [1.54, 1.807) is 6.92 Å². The standard InChI is InChI=1S/C23H26N4O2/c1-15-7-8-20-19(13-15)24-14-27(20)23(16(2)28)26-11-9-17(10-12-26)22-18-5-3-4-6-21(18)29-25-22/h3-8,13,17,23-24H,9-12,14H2,1-2H3. The molecule has 1 fully saturated rings. The van der Waals surface area contributed by atoms with Gasteiger partial charge in [0.05, 0.1) is 23.7 Å². The number of aryl methyl sites for hydroxylation is 1. The highest BCUT2D eigenvalue weighted by molar-refractivity contribution is 5.88. The number of carbonyl (C=O) groups is 1. The molecule has 6 nitrogen and oxygen atoms in total. The summed E-state index contributed by atoms with van der Waals surface area (Å²) in [7, 11) is 0. The molecule has 1 saturated heterocycles. The fraction of sp³-hybridized carbons (Fsp3) is 0.391. The van der Waals surface area contributed by atoms with Gasteiger partial charge in [-0.05, 0) is 56.5 Å². The molecule has 150 valence electrons. The Morgan fingerprint density at radius 2 is 2.00 bits per heavy atom. The first-order valence-electron chi connectivity index (χ1n) is 10.3. The summed E-state index contributed by atoms with van der Waals surface area (Å²) in [6.07, 6.45) is 1.71. The van der Waals surface area contributed by atoms with Crippen molar-refractivity contribution < 1.29 is 9.32 Å². The van der Waals surface area contributed by atoms with Crippen molar-refractivity contribution in [1.82, 2.24) is 10.1 Å². The number of ketones is 1. The van der Waals surface area contributed by atoms with Gasteiger partial charge in [0.25, 0.3) is 0 Å². The smallest absolute Gasteiger partial charge is 0.167 e. The number of anilines is 2. The Hall–Kier alpha value is -2.86. The number of nitrogens with one attached hydrogen (secondary N) is 1. The number of rotatable bonds is 4. The lowest BCUT2D eigenvalue weighted by Gasteiger charge is -2.40. The molecule has 29 heavy (non-hydrogen) atoms. The van der Waals surface area contributed by atoms with Gasteiger partial charge in [0.1, 0.15) is 6.17 Å². The summed E-state index contributed by atoms with van der Waals surface area (Å²) in [5, 5.41) is 8.91. The van der Waals surface area contributed by atoms with Crippen molar-refractivity contribution in [2.75, 3.05) is 30.0 Å². The van der Waals surface area contributed by atoms with Gasteiger partial charge in [0.2, 0.25) is 0 Å². The Kier molecular flexibility index (Phi) is 4.51. The summed E-state index contributed by atoms with van der Waals surface area (Å²) in [6.45, 7) is 6.19. The van der Waals surface area contributed by atoms with Crippen LogP contribution in [0.1, 0.15) is 36.9 Å². The number of para-hydroxylation sites is 1. The van der Waals surface area contributed by atoms with Crippen LogP contribution < -0.4 is 10.2 Å². The highest BCUT2D eigenvalue weighted by atomic mass is 16.5. The minimum Gasteiger partial charge on any atom is -0.366 e. The molecule has 2 aliphatic rings. The molecule has 3 aromatic rings. The van der Waals surface area contributed by atoms with Crippen LogP contribution >= 0.6 is 0 Å². The molecule has 0 aliphatic carbocycles. The van der Waals surface area contributed by atoms with Gasteiger partial charge in [-0.2, -0.15) is 0 Å². The summed E-state index contributed by atoms with van der Waals surface area (Å²) in [5.74, 6) is 0.555. The second-order valence-corrected chi connectivity index (χ2v) is 8.18. The van der Waals surface area contributed by atoms with Crippen LogP contribution in [0.3, 0.4) is 0 Å². The third-order valence-electron chi connectivity index (χ3n) is 6.23. The monoisotopic (exact) mass is 390 g/mol. The predicted molar refractivity (Wildman–Crippen MR) is 114 cm³/mol. The fourth-order valence-electron chi connectivity index (χ4n) is 4.81. The first-order valence-corrected chi connectivity index (χ1v) is 10.3. The Labute approximate surface area is 170 Å². The van der Waals surface area contributed by atoms with Crippen molar-refractivity contribution in [3.8, 4) is 0 Å². The number of aromatic nitrogens is 1. The number of hydrogen-bond acceptors (Lipinski definition) is 6. The Bertz CT molecular complexity index is 1050. The second kappa shape index (κ2) is 7.19. The number of piperidine rings is 1. The van der Waals surface area contributed by atoms with E-state index in [1.165, 1.54) is 5.56 Å². The van der Waals surface area contributed by atoms with Crippen LogP contribution in [0, 0.1) is 6.92 Å². The summed E-state index contributed by atoms with van der Waals surface area (Å²) >= 11 is 0. The molecule has 0 radical (unpaired) electrons. The molecule has 1 atom stereocenters. The maximum atomic E-state index is 12.7. The van der Waals surface area contributed by atoms with Crippen LogP contribution in [0.25, 0.3) is 11.0 Å². The number of Topliss-reactive ketones (excluding diaryl/α,β-unsaturated/α-hetero) is 1. The van der Waals surface area contributed by atoms with E-state index in [2.05, 4.69) is 51.5 Å². The van der Waals surface area contributed by atoms with E-state index in [0.29, 0.717) is 12.6 Å². The predicted octanol–water partition coefficient (Wildman–Crippen LogP) is 4.12. The van der Waals surface area contributed by atoms with Gasteiger partial charge in [-0.1, -0.05) is 23.4 Å². The number of hydrogen-bond donors (Lipinski definition) is 1. The molecule has 2 aliphatic heterocycles. The molecule has 0 amide bonds. The topological polar surface area (TPSA) is 61.6 Å². The van der Waals surface area contributed by atoms with Crippen LogP contribution in [0.5, 0.6) is 0 Å². The van der Waals surface area contributed by atoms with E-state index in [9.17, 15) is 4.79 Å². The first-order chi connectivity index (χ1) is 14.1. The van der Waals surface area contributed by atoms with Crippen LogP contribution in [-0.4, -0.2) is 41.8 Å². The zero-order valence-electron chi connectivity index (χ0n) is 16.9. The molecule has 2 aromatic carbocycles. The van der Waals surface area contributed by atoms with E-state index in [1.807, 2.05) is 18.2 Å². The zero-order valence-corrected chi connectivity index (χ0v) is 16.9. The van der Waals surface area contributed by atoms with Crippen molar-refractivity contribution in [3.63, 3.8) is 0 Å². The van der Waals surface area contributed by atoms with Gasteiger partial charge >= 0.3 is 0 Å². The number of likely N-dealkylation sites (tertiary alicyclic amines) is 1. The van der Waals surface area contributed by atoms with Crippen molar-refractivity contribution in [2.45, 2.75) is 38.8 Å². The molecule has 0 saturated carbocycles. The van der Waals surface area contributed by atoms with Gasteiger partial charge in [-0.15, -0.1) is 0 Å². The van der Waals surface area contributed by atoms with E-state index >= 15 is 0 Å². The third-order valence-corrected chi connectivity index (χ3v) is 6.23. The normalized spacial score (nSPS) is 18.6. The molecule has 5 rings (SSSR count). The number of fused-ring (bicyclic) bond motifs is 2. The van der Waals surface area contributed by atoms with E-state index in [4.69, 9.17) is 4.52 Å². The van der Waals surface area contributed by atoms with Gasteiger partial charge in [0, 0.05) is 24.4 Å². The van der Waals surface area contributed by atoms with E-state index in [0.717, 1.165) is 54.0 Å². The molecule has 0 bridgehead atoms. The first kappa shape index (κ1) is 18.2. The van der Waals surface area contributed by atoms with Crippen molar-refractivity contribution >= 4 is 28.1 Å². The summed E-state index contributed by atoms with van der Waals surface area (Å²) < 4.78 is 5.51. The minimum absolute atomic E-state index is 0.186. The molecule has 3 heterocycles. The molecule has 6 heteroatoms. The minimum atomic E-state index is -0.235. The molecule has 1 unspecified atom stereocenters. The maximum Gasteiger partial charge on any atom is 0.167 e. The van der Waals surface area contributed by atoms with Crippen molar-refractivity contribution in [2.24, 2.45) is 0 Å². The van der Waals surface area contributed by atoms with Crippen LogP contribution in [0.2, 0.25) is 0 Å². The second-order valence-electron chi connectivity index (χ2n) is 8.18. The molecular formula is C23H26N4O2. The largest absolute Gasteiger partial charge is 0.366 e. The van der Waals surface area contributed by atoms with Gasteiger partial charge in [-0.25, -0.2) is 0 Å². The van der Waals surface area contributed by atoms with Crippen LogP contribution in [-0.2, 0) is 4.79 Å². The quantitative estimate of drug-likeness (QED) is 0.723. The summed E-state index contributed by atoms with van der Waals surface area (Å²) in [4.78, 5) is 17.2. The van der Waals surface area contributed by atoms with Crippen LogP contribution in [0.4, 0.5) is 11.4 Å². The summed E-state index contributed by atoms with van der Waals surface area (Å²) in [5.41, 5.74) is 5.35. The van der Waals surface area contributed by atoms with Crippen LogP contribution in [0.15, 0.2) is 47.0 Å². The van der Waals surface area contributed by atoms with E-state index in [-0.39, 0.29) is 11.9 Å². The highest BCUT2D eigenvalue weighted by Gasteiger charge is 2.36. The lowest BCUT2D eigenvalue weighted by Crippen LogP contribution is -2.54. The van der Waals surface area contributed by atoms with Gasteiger partial charge in [-0.3, -0.25) is 9.69 Å². The van der Waals surface area contributed by atoms with Gasteiger partial charge in [0.15, 0.2) is 11.4 Å². The summed E-state index contributed by atoms with van der Waals surface area (Å²) in [6, 6.07) is 14.4. The third kappa shape index (κ3) is 3.17. The molecular weight excluding hydrogens is 364 g/mol. The van der Waals surface area contributed by atoms with Crippen molar-refractivity contribution in [3.05, 3.63) is 53.7 Å². The number of benzene rings is 2. The average Bonchev–Trinajstić information content (AvgIpc) is 3.33. The average molecular weight is 390 g/mol. The molecule has 0 spiro atoms. The zero-order chi connectivity index (χ0) is 20.0. The lowest BCUT2D eigenvalue weighted by molar-refractivity contribution is -0.122.